The van der Waals surface area contributed by atoms with E-state index < -0.39 is 23.7 Å². The first-order chi connectivity index (χ1) is 14.8. The number of piperidine rings is 1. The van der Waals surface area contributed by atoms with Crippen molar-refractivity contribution in [2.24, 2.45) is 0 Å². The second-order valence-corrected chi connectivity index (χ2v) is 9.13. The van der Waals surface area contributed by atoms with Crippen molar-refractivity contribution in [2.75, 3.05) is 0 Å². The molecule has 1 spiro atoms. The lowest BCUT2D eigenvalue weighted by molar-refractivity contribution is -0.212. The molecule has 2 aromatic rings. The monoisotopic (exact) mass is 459 g/mol. The van der Waals surface area contributed by atoms with E-state index >= 15 is 0 Å². The lowest BCUT2D eigenvalue weighted by Gasteiger charge is -2.54. The van der Waals surface area contributed by atoms with E-state index in [1.165, 1.54) is 6.92 Å². The largest absolute Gasteiger partial charge is 0.448 e. The predicted molar refractivity (Wildman–Crippen MR) is 118 cm³/mol. The summed E-state index contributed by atoms with van der Waals surface area (Å²) >= 11 is 12.4. The maximum Gasteiger partial charge on any atom is 0.311 e. The van der Waals surface area contributed by atoms with Crippen LogP contribution in [0.2, 0.25) is 10.0 Å². The van der Waals surface area contributed by atoms with Gasteiger partial charge in [-0.05, 0) is 48.7 Å². The number of nitrogens with zero attached hydrogens (tertiary/aromatic N) is 1. The fourth-order valence-corrected chi connectivity index (χ4v) is 5.22. The molecule has 0 aromatic heterocycles. The Labute approximate surface area is 191 Å². The van der Waals surface area contributed by atoms with Crippen LogP contribution in [0.5, 0.6) is 0 Å². The van der Waals surface area contributed by atoms with Gasteiger partial charge in [-0.15, -0.1) is 0 Å². The summed E-state index contributed by atoms with van der Waals surface area (Å²) < 4.78 is 5.47. The number of halogens is 2. The van der Waals surface area contributed by atoms with E-state index in [0.29, 0.717) is 22.9 Å². The SMILES string of the molecule is CCC(C(C)=O)N1C(=O)C2(CC(=O)O2)CC(c2cccc(Cl)c2)C1c1ccc(Cl)cc1. The van der Waals surface area contributed by atoms with Crippen molar-refractivity contribution in [3.63, 3.8) is 0 Å². The van der Waals surface area contributed by atoms with Crippen LogP contribution >= 0.6 is 23.2 Å². The number of ketones is 1. The molecule has 0 saturated carbocycles. The molecular formula is C24H23Cl2NO4. The summed E-state index contributed by atoms with van der Waals surface area (Å²) in [7, 11) is 0. The maximum atomic E-state index is 13.7. The molecule has 2 aliphatic rings. The van der Waals surface area contributed by atoms with Crippen LogP contribution < -0.4 is 0 Å². The molecule has 2 saturated heterocycles. The van der Waals surface area contributed by atoms with E-state index in [4.69, 9.17) is 27.9 Å². The third-order valence-corrected chi connectivity index (χ3v) is 6.76. The van der Waals surface area contributed by atoms with Crippen molar-refractivity contribution < 1.29 is 19.1 Å². The Morgan fingerprint density at radius 3 is 2.35 bits per heavy atom. The molecular weight excluding hydrogens is 437 g/mol. The summed E-state index contributed by atoms with van der Waals surface area (Å²) in [5.41, 5.74) is 0.546. The van der Waals surface area contributed by atoms with Crippen molar-refractivity contribution >= 4 is 40.9 Å². The summed E-state index contributed by atoms with van der Waals surface area (Å²) in [4.78, 5) is 39.7. The average Bonchev–Trinajstić information content (AvgIpc) is 2.70. The summed E-state index contributed by atoms with van der Waals surface area (Å²) in [5, 5.41) is 1.16. The van der Waals surface area contributed by atoms with Gasteiger partial charge in [0.05, 0.1) is 18.5 Å². The summed E-state index contributed by atoms with van der Waals surface area (Å²) in [6.07, 6.45) is 0.800. The first kappa shape index (κ1) is 21.8. The number of benzene rings is 2. The first-order valence-electron chi connectivity index (χ1n) is 10.3. The van der Waals surface area contributed by atoms with Crippen molar-refractivity contribution in [3.8, 4) is 0 Å². The van der Waals surface area contributed by atoms with Crippen molar-refractivity contribution in [3.05, 3.63) is 69.7 Å². The van der Waals surface area contributed by atoms with E-state index in [9.17, 15) is 14.4 Å². The second kappa shape index (κ2) is 8.29. The number of hydrogen-bond acceptors (Lipinski definition) is 4. The van der Waals surface area contributed by atoms with E-state index in [0.717, 1.165) is 11.1 Å². The highest BCUT2D eigenvalue weighted by Gasteiger charge is 2.62. The van der Waals surface area contributed by atoms with E-state index in [2.05, 4.69) is 0 Å². The quantitative estimate of drug-likeness (QED) is 0.583. The van der Waals surface area contributed by atoms with Crippen LogP contribution in [0.4, 0.5) is 0 Å². The zero-order chi connectivity index (χ0) is 22.3. The van der Waals surface area contributed by atoms with E-state index in [1.54, 1.807) is 23.1 Å². The highest BCUT2D eigenvalue weighted by atomic mass is 35.5. The molecule has 31 heavy (non-hydrogen) atoms. The fourth-order valence-electron chi connectivity index (χ4n) is 4.89. The molecule has 0 bridgehead atoms. The molecule has 4 atom stereocenters. The smallest absolute Gasteiger partial charge is 0.311 e. The van der Waals surface area contributed by atoms with Crippen molar-refractivity contribution in [1.82, 2.24) is 4.90 Å². The number of esters is 1. The van der Waals surface area contributed by atoms with Crippen LogP contribution in [0.1, 0.15) is 56.2 Å². The Kier molecular flexibility index (Phi) is 5.84. The molecule has 2 heterocycles. The van der Waals surface area contributed by atoms with Crippen LogP contribution in [0.3, 0.4) is 0 Å². The van der Waals surface area contributed by atoms with Gasteiger partial charge in [0.2, 0.25) is 5.60 Å². The van der Waals surface area contributed by atoms with E-state index in [-0.39, 0.29) is 24.0 Å². The molecule has 1 amide bonds. The van der Waals surface area contributed by atoms with Crippen LogP contribution in [0, 0.1) is 0 Å². The lowest BCUT2D eigenvalue weighted by Crippen LogP contribution is -2.66. The number of ether oxygens (including phenoxy) is 1. The Balaban J connectivity index is 1.91. The van der Waals surface area contributed by atoms with Crippen molar-refractivity contribution in [1.29, 1.82) is 0 Å². The number of likely N-dealkylation sites (tertiary alicyclic amines) is 1. The van der Waals surface area contributed by atoms with Gasteiger partial charge in [0.1, 0.15) is 0 Å². The number of hydrogen-bond donors (Lipinski definition) is 0. The van der Waals surface area contributed by atoms with Crippen LogP contribution in [0.25, 0.3) is 0 Å². The molecule has 2 aliphatic heterocycles. The first-order valence-corrected chi connectivity index (χ1v) is 11.1. The maximum absolute atomic E-state index is 13.7. The van der Waals surface area contributed by atoms with Gasteiger partial charge in [0.25, 0.3) is 5.91 Å². The Hall–Kier alpha value is -2.37. The molecule has 5 nitrogen and oxygen atoms in total. The molecule has 2 fully saturated rings. The van der Waals surface area contributed by atoms with Gasteiger partial charge in [-0.1, -0.05) is 54.4 Å². The van der Waals surface area contributed by atoms with Gasteiger partial charge < -0.3 is 9.64 Å². The zero-order valence-corrected chi connectivity index (χ0v) is 18.8. The minimum atomic E-state index is -1.24. The van der Waals surface area contributed by atoms with E-state index in [1.807, 2.05) is 37.3 Å². The third-order valence-electron chi connectivity index (χ3n) is 6.27. The second-order valence-electron chi connectivity index (χ2n) is 8.25. The minimum absolute atomic E-state index is 0.0150. The number of carbonyl (C=O) groups is 3. The highest BCUT2D eigenvalue weighted by Crippen LogP contribution is 2.52. The Morgan fingerprint density at radius 2 is 1.81 bits per heavy atom. The molecule has 0 radical (unpaired) electrons. The van der Waals surface area contributed by atoms with Gasteiger partial charge in [-0.2, -0.15) is 0 Å². The molecule has 0 N–H and O–H groups in total. The van der Waals surface area contributed by atoms with Gasteiger partial charge in [-0.3, -0.25) is 14.4 Å². The third kappa shape index (κ3) is 3.85. The van der Waals surface area contributed by atoms with Crippen LogP contribution in [-0.2, 0) is 19.1 Å². The number of carbonyl (C=O) groups excluding carboxylic acids is 3. The Morgan fingerprint density at radius 1 is 1.13 bits per heavy atom. The summed E-state index contributed by atoms with van der Waals surface area (Å²) in [5.74, 6) is -1.05. The molecule has 162 valence electrons. The standard InChI is InChI=1S/C24H23Cl2NO4/c1-3-20(14(2)28)27-22(15-7-9-17(25)10-8-15)19(16-5-4-6-18(26)11-16)12-24(23(27)30)13-21(29)31-24/h4-11,19-20,22H,3,12-13H2,1-2H3. The van der Waals surface area contributed by atoms with Gasteiger partial charge >= 0.3 is 5.97 Å². The topological polar surface area (TPSA) is 63.7 Å². The average molecular weight is 460 g/mol. The molecule has 4 unspecified atom stereocenters. The molecule has 0 aliphatic carbocycles. The predicted octanol–water partition coefficient (Wildman–Crippen LogP) is 5.10. The van der Waals surface area contributed by atoms with Gasteiger partial charge in [-0.25, -0.2) is 0 Å². The number of rotatable bonds is 5. The van der Waals surface area contributed by atoms with Gasteiger partial charge in [0, 0.05) is 22.4 Å². The molecule has 2 aromatic carbocycles. The molecule has 4 rings (SSSR count). The van der Waals surface area contributed by atoms with Crippen molar-refractivity contribution in [2.45, 2.75) is 56.7 Å². The minimum Gasteiger partial charge on any atom is -0.448 e. The lowest BCUT2D eigenvalue weighted by atomic mass is 9.70. The number of Topliss-reactive ketones (excluding diaryl/α,β-unsaturated/α-hetero) is 1. The molecule has 7 heteroatoms. The normalized spacial score (nSPS) is 26.4. The van der Waals surface area contributed by atoms with Crippen LogP contribution in [0.15, 0.2) is 48.5 Å². The van der Waals surface area contributed by atoms with Crippen LogP contribution in [-0.4, -0.2) is 34.2 Å². The summed E-state index contributed by atoms with van der Waals surface area (Å²) in [6.45, 7) is 3.36. The number of amides is 1. The zero-order valence-electron chi connectivity index (χ0n) is 17.3. The van der Waals surface area contributed by atoms with Gasteiger partial charge in [0.15, 0.2) is 5.78 Å². The fraction of sp³-hybridized carbons (Fsp3) is 0.375. The Bertz CT molecular complexity index is 1030. The highest BCUT2D eigenvalue weighted by molar-refractivity contribution is 6.30. The summed E-state index contributed by atoms with van der Waals surface area (Å²) in [6, 6.07) is 13.7.